The molecule has 0 bridgehead atoms. The summed E-state index contributed by atoms with van der Waals surface area (Å²) in [6.45, 7) is 1.92. The van der Waals surface area contributed by atoms with Crippen molar-refractivity contribution < 1.29 is 18.1 Å². The molecular formula is C14H15F2N3O2S. The summed E-state index contributed by atoms with van der Waals surface area (Å²) in [5.41, 5.74) is 0.985. The molecule has 0 saturated carbocycles. The van der Waals surface area contributed by atoms with Crippen LogP contribution in [0, 0.1) is 0 Å². The molecule has 0 radical (unpaired) electrons. The van der Waals surface area contributed by atoms with Gasteiger partial charge >= 0.3 is 6.43 Å². The standard InChI is InChI=1S/C14H15F2N3O2S/c1-8(7-22-2)17-13(20)10-5-3-9(4-6-10)12-18-14(11(15)16)21-19-12/h3-6,8,11H,7H2,1-2H3,(H,17,20). The molecule has 22 heavy (non-hydrogen) atoms. The van der Waals surface area contributed by atoms with E-state index in [1.165, 1.54) is 0 Å². The van der Waals surface area contributed by atoms with Crippen LogP contribution < -0.4 is 5.32 Å². The second-order valence-electron chi connectivity index (χ2n) is 4.66. The molecule has 1 aromatic carbocycles. The number of hydrogen-bond donors (Lipinski definition) is 1. The molecule has 8 heteroatoms. The normalized spacial score (nSPS) is 12.4. The number of thioether (sulfide) groups is 1. The second kappa shape index (κ2) is 7.35. The van der Waals surface area contributed by atoms with Gasteiger partial charge in [0.25, 0.3) is 11.8 Å². The molecular weight excluding hydrogens is 312 g/mol. The number of amides is 1. The van der Waals surface area contributed by atoms with Crippen molar-refractivity contribution in [3.63, 3.8) is 0 Å². The molecule has 0 spiro atoms. The monoisotopic (exact) mass is 327 g/mol. The zero-order chi connectivity index (χ0) is 16.1. The number of benzene rings is 1. The minimum Gasteiger partial charge on any atom is -0.349 e. The summed E-state index contributed by atoms with van der Waals surface area (Å²) in [6, 6.07) is 6.43. The van der Waals surface area contributed by atoms with Gasteiger partial charge in [-0.1, -0.05) is 17.3 Å². The Kier molecular flexibility index (Phi) is 5.48. The third-order valence-electron chi connectivity index (χ3n) is 2.83. The highest BCUT2D eigenvalue weighted by atomic mass is 32.2. The molecule has 0 fully saturated rings. The Balaban J connectivity index is 2.07. The van der Waals surface area contributed by atoms with E-state index in [9.17, 15) is 13.6 Å². The number of halogens is 2. The molecule has 1 unspecified atom stereocenters. The molecule has 1 N–H and O–H groups in total. The van der Waals surface area contributed by atoms with Gasteiger partial charge in [0.05, 0.1) is 0 Å². The van der Waals surface area contributed by atoms with Crippen molar-refractivity contribution in [3.8, 4) is 11.4 Å². The summed E-state index contributed by atoms with van der Waals surface area (Å²) in [6.07, 6.45) is -0.833. The number of nitrogens with one attached hydrogen (secondary N) is 1. The molecule has 0 aliphatic carbocycles. The maximum Gasteiger partial charge on any atom is 0.315 e. The molecule has 118 valence electrons. The minimum atomic E-state index is -2.80. The molecule has 1 amide bonds. The number of nitrogens with zero attached hydrogens (tertiary/aromatic N) is 2. The van der Waals surface area contributed by atoms with Crippen LogP contribution in [0.2, 0.25) is 0 Å². The summed E-state index contributed by atoms with van der Waals surface area (Å²) >= 11 is 1.65. The maximum atomic E-state index is 12.4. The smallest absolute Gasteiger partial charge is 0.315 e. The Morgan fingerprint density at radius 1 is 1.36 bits per heavy atom. The highest BCUT2D eigenvalue weighted by Crippen LogP contribution is 2.21. The van der Waals surface area contributed by atoms with E-state index < -0.39 is 12.3 Å². The second-order valence-corrected chi connectivity index (χ2v) is 5.57. The summed E-state index contributed by atoms with van der Waals surface area (Å²) in [7, 11) is 0. The van der Waals surface area contributed by atoms with Gasteiger partial charge in [-0.2, -0.15) is 25.5 Å². The maximum absolute atomic E-state index is 12.4. The summed E-state index contributed by atoms with van der Waals surface area (Å²) in [5, 5.41) is 6.35. The van der Waals surface area contributed by atoms with Crippen molar-refractivity contribution in [1.82, 2.24) is 15.5 Å². The van der Waals surface area contributed by atoms with Gasteiger partial charge in [0.2, 0.25) is 5.82 Å². The molecule has 1 heterocycles. The van der Waals surface area contributed by atoms with E-state index in [4.69, 9.17) is 0 Å². The van der Waals surface area contributed by atoms with Crippen molar-refractivity contribution in [3.05, 3.63) is 35.7 Å². The predicted octanol–water partition coefficient (Wildman–Crippen LogP) is 3.16. The predicted molar refractivity (Wildman–Crippen MR) is 80.0 cm³/mol. The fourth-order valence-electron chi connectivity index (χ4n) is 1.81. The van der Waals surface area contributed by atoms with Crippen LogP contribution in [0.4, 0.5) is 8.78 Å². The van der Waals surface area contributed by atoms with E-state index in [1.54, 1.807) is 36.0 Å². The van der Waals surface area contributed by atoms with Crippen LogP contribution in [0.3, 0.4) is 0 Å². The molecule has 1 atom stereocenters. The van der Waals surface area contributed by atoms with Crippen LogP contribution >= 0.6 is 11.8 Å². The lowest BCUT2D eigenvalue weighted by Crippen LogP contribution is -2.34. The number of hydrogen-bond acceptors (Lipinski definition) is 5. The molecule has 0 saturated heterocycles. The first-order valence-corrected chi connectivity index (χ1v) is 7.92. The number of aromatic nitrogens is 2. The number of rotatable bonds is 6. The van der Waals surface area contributed by atoms with E-state index in [0.717, 1.165) is 5.75 Å². The highest BCUT2D eigenvalue weighted by molar-refractivity contribution is 7.98. The van der Waals surface area contributed by atoms with Gasteiger partial charge in [-0.3, -0.25) is 4.79 Å². The van der Waals surface area contributed by atoms with E-state index in [1.807, 2.05) is 13.2 Å². The van der Waals surface area contributed by atoms with Crippen molar-refractivity contribution in [2.24, 2.45) is 0 Å². The zero-order valence-corrected chi connectivity index (χ0v) is 12.9. The third kappa shape index (κ3) is 4.03. The van der Waals surface area contributed by atoms with Crippen molar-refractivity contribution in [2.45, 2.75) is 19.4 Å². The first-order chi connectivity index (χ1) is 10.5. The van der Waals surface area contributed by atoms with Crippen LogP contribution in [0.1, 0.15) is 29.6 Å². The van der Waals surface area contributed by atoms with Crippen molar-refractivity contribution in [2.75, 3.05) is 12.0 Å². The Morgan fingerprint density at radius 2 is 2.05 bits per heavy atom. The number of carbonyl (C=O) groups excluding carboxylic acids is 1. The van der Waals surface area contributed by atoms with Crippen LogP contribution in [-0.2, 0) is 0 Å². The summed E-state index contributed by atoms with van der Waals surface area (Å²) in [4.78, 5) is 15.6. The Hall–Kier alpha value is -1.96. The summed E-state index contributed by atoms with van der Waals surface area (Å²) < 4.78 is 29.2. The van der Waals surface area contributed by atoms with Crippen LogP contribution in [0.15, 0.2) is 28.8 Å². The lowest BCUT2D eigenvalue weighted by atomic mass is 10.1. The van der Waals surface area contributed by atoms with Gasteiger partial charge < -0.3 is 9.84 Å². The average molecular weight is 327 g/mol. The fourth-order valence-corrected chi connectivity index (χ4v) is 2.39. The lowest BCUT2D eigenvalue weighted by molar-refractivity contribution is 0.0943. The first-order valence-electron chi connectivity index (χ1n) is 6.53. The van der Waals surface area contributed by atoms with Gasteiger partial charge in [0.1, 0.15) is 0 Å². The van der Waals surface area contributed by atoms with Crippen molar-refractivity contribution in [1.29, 1.82) is 0 Å². The van der Waals surface area contributed by atoms with Crippen LogP contribution in [-0.4, -0.2) is 34.1 Å². The van der Waals surface area contributed by atoms with Gasteiger partial charge in [-0.25, -0.2) is 0 Å². The topological polar surface area (TPSA) is 68.0 Å². The van der Waals surface area contributed by atoms with E-state index in [0.29, 0.717) is 11.1 Å². The first kappa shape index (κ1) is 16.4. The average Bonchev–Trinajstić information content (AvgIpc) is 2.97. The summed E-state index contributed by atoms with van der Waals surface area (Å²) in [5.74, 6) is -0.0153. The van der Waals surface area contributed by atoms with Crippen LogP contribution in [0.5, 0.6) is 0 Å². The SMILES string of the molecule is CSCC(C)NC(=O)c1ccc(-c2noc(C(F)F)n2)cc1. The zero-order valence-electron chi connectivity index (χ0n) is 12.0. The van der Waals surface area contributed by atoms with Crippen LogP contribution in [0.25, 0.3) is 11.4 Å². The molecule has 1 aromatic heterocycles. The van der Waals surface area contributed by atoms with Crippen molar-refractivity contribution >= 4 is 17.7 Å². The Bertz CT molecular complexity index is 631. The fraction of sp³-hybridized carbons (Fsp3) is 0.357. The highest BCUT2D eigenvalue weighted by Gasteiger charge is 2.17. The number of carbonyl (C=O) groups is 1. The van der Waals surface area contributed by atoms with Gasteiger partial charge in [0, 0.05) is 22.9 Å². The van der Waals surface area contributed by atoms with Gasteiger partial charge in [0.15, 0.2) is 0 Å². The molecule has 0 aliphatic heterocycles. The van der Waals surface area contributed by atoms with E-state index in [2.05, 4.69) is 20.0 Å². The van der Waals surface area contributed by atoms with Gasteiger partial charge in [-0.05, 0) is 25.3 Å². The number of alkyl halides is 2. The molecule has 2 rings (SSSR count). The quantitative estimate of drug-likeness (QED) is 0.883. The minimum absolute atomic E-state index is 0.0629. The van der Waals surface area contributed by atoms with Gasteiger partial charge in [-0.15, -0.1) is 0 Å². The Labute approximate surface area is 130 Å². The largest absolute Gasteiger partial charge is 0.349 e. The molecule has 2 aromatic rings. The lowest BCUT2D eigenvalue weighted by Gasteiger charge is -2.12. The molecule has 0 aliphatic rings. The molecule has 5 nitrogen and oxygen atoms in total. The van der Waals surface area contributed by atoms with E-state index >= 15 is 0 Å². The third-order valence-corrected chi connectivity index (χ3v) is 3.66. The Morgan fingerprint density at radius 3 is 2.59 bits per heavy atom. The van der Waals surface area contributed by atoms with E-state index in [-0.39, 0.29) is 17.8 Å².